The van der Waals surface area contributed by atoms with Gasteiger partial charge in [0.05, 0.1) is 0 Å². The van der Waals surface area contributed by atoms with Gasteiger partial charge in [0.1, 0.15) is 12.9 Å². The number of rotatable bonds is 4. The number of hydrogen-bond acceptors (Lipinski definition) is 5. The lowest BCUT2D eigenvalue weighted by Gasteiger charge is -2.35. The quantitative estimate of drug-likeness (QED) is 0.535. The van der Waals surface area contributed by atoms with Crippen LogP contribution in [0, 0.1) is 0 Å². The van der Waals surface area contributed by atoms with E-state index in [0.29, 0.717) is 19.6 Å². The molecule has 8 nitrogen and oxygen atoms in total. The Labute approximate surface area is 168 Å². The van der Waals surface area contributed by atoms with E-state index in [1.54, 1.807) is 12.5 Å². The Kier molecular flexibility index (Phi) is 4.44. The number of imidazole rings is 1. The van der Waals surface area contributed by atoms with Gasteiger partial charge in [-0.15, -0.1) is 10.2 Å². The number of carbonyl (C=O) groups excluding carboxylic acids is 1. The summed E-state index contributed by atoms with van der Waals surface area (Å²) in [5.41, 5.74) is 1.09. The second kappa shape index (κ2) is 7.38. The first-order chi connectivity index (χ1) is 14.3. The van der Waals surface area contributed by atoms with E-state index in [0.717, 1.165) is 35.6 Å². The van der Waals surface area contributed by atoms with E-state index in [1.807, 2.05) is 62.8 Å². The molecule has 0 unspecified atom stereocenters. The zero-order valence-electron chi connectivity index (χ0n) is 15.9. The molecule has 1 aliphatic heterocycles. The summed E-state index contributed by atoms with van der Waals surface area (Å²) in [5.74, 6) is 1.71. The van der Waals surface area contributed by atoms with Gasteiger partial charge < -0.3 is 14.4 Å². The van der Waals surface area contributed by atoms with E-state index in [1.165, 1.54) is 0 Å². The Balaban J connectivity index is 1.20. The lowest BCUT2D eigenvalue weighted by atomic mass is 10.2. The number of nitrogens with zero attached hydrogens (tertiary/aromatic N) is 7. The summed E-state index contributed by atoms with van der Waals surface area (Å²) in [7, 11) is 0. The molecule has 0 spiro atoms. The average molecular weight is 387 g/mol. The molecule has 4 aromatic rings. The summed E-state index contributed by atoms with van der Waals surface area (Å²) >= 11 is 0. The number of anilines is 1. The molecule has 1 amide bonds. The molecule has 8 heteroatoms. The minimum Gasteiger partial charge on any atom is -0.352 e. The van der Waals surface area contributed by atoms with Crippen LogP contribution >= 0.6 is 0 Å². The standard InChI is InChI=1S/C21H21N7O/c29-21(15-27-9-7-17-3-1-2-4-18(17)27)26-13-11-25(12-14-26)19-5-6-20(24-23-19)28-10-8-22-16-28/h1-10,16H,11-15H2. The third-order valence-electron chi connectivity index (χ3n) is 5.35. The van der Waals surface area contributed by atoms with Crippen molar-refractivity contribution in [2.45, 2.75) is 6.54 Å². The predicted molar refractivity (Wildman–Crippen MR) is 110 cm³/mol. The van der Waals surface area contributed by atoms with Crippen LogP contribution in [0.1, 0.15) is 0 Å². The van der Waals surface area contributed by atoms with Crippen molar-refractivity contribution in [2.24, 2.45) is 0 Å². The van der Waals surface area contributed by atoms with E-state index in [9.17, 15) is 4.79 Å². The van der Waals surface area contributed by atoms with Gasteiger partial charge >= 0.3 is 0 Å². The van der Waals surface area contributed by atoms with Gasteiger partial charge in [0.15, 0.2) is 11.6 Å². The fourth-order valence-electron chi connectivity index (χ4n) is 3.73. The van der Waals surface area contributed by atoms with Crippen molar-refractivity contribution in [1.29, 1.82) is 0 Å². The smallest absolute Gasteiger partial charge is 0.242 e. The van der Waals surface area contributed by atoms with Crippen LogP contribution < -0.4 is 4.90 Å². The fourth-order valence-corrected chi connectivity index (χ4v) is 3.73. The van der Waals surface area contributed by atoms with Gasteiger partial charge in [0.2, 0.25) is 5.91 Å². The number of para-hydroxylation sites is 1. The van der Waals surface area contributed by atoms with Crippen LogP contribution in [0.25, 0.3) is 16.7 Å². The highest BCUT2D eigenvalue weighted by atomic mass is 16.2. The minimum absolute atomic E-state index is 0.146. The van der Waals surface area contributed by atoms with Crippen molar-refractivity contribution in [3.05, 3.63) is 67.4 Å². The Bertz CT molecular complexity index is 1110. The highest BCUT2D eigenvalue weighted by molar-refractivity contribution is 5.83. The fraction of sp³-hybridized carbons (Fsp3) is 0.238. The molecule has 0 radical (unpaired) electrons. The molecule has 3 aromatic heterocycles. The van der Waals surface area contributed by atoms with Crippen LogP contribution in [0.4, 0.5) is 5.82 Å². The van der Waals surface area contributed by atoms with Gasteiger partial charge in [-0.1, -0.05) is 18.2 Å². The SMILES string of the molecule is O=C(Cn1ccc2ccccc21)N1CCN(c2ccc(-n3ccnc3)nn2)CC1. The van der Waals surface area contributed by atoms with Gasteiger partial charge in [-0.25, -0.2) is 4.98 Å². The van der Waals surface area contributed by atoms with Crippen LogP contribution in [0.2, 0.25) is 0 Å². The third kappa shape index (κ3) is 3.44. The molecule has 4 heterocycles. The van der Waals surface area contributed by atoms with Crippen LogP contribution in [0.3, 0.4) is 0 Å². The molecule has 1 aliphatic rings. The summed E-state index contributed by atoms with van der Waals surface area (Å²) in [6, 6.07) is 14.1. The molecule has 0 atom stereocenters. The molecule has 146 valence electrons. The number of benzene rings is 1. The summed E-state index contributed by atoms with van der Waals surface area (Å²) in [6.45, 7) is 3.23. The Morgan fingerprint density at radius 1 is 0.897 bits per heavy atom. The Morgan fingerprint density at radius 2 is 1.69 bits per heavy atom. The van der Waals surface area contributed by atoms with E-state index in [4.69, 9.17) is 0 Å². The normalized spacial score (nSPS) is 14.5. The molecule has 5 rings (SSSR count). The predicted octanol–water partition coefficient (Wildman–Crippen LogP) is 1.97. The van der Waals surface area contributed by atoms with E-state index in [2.05, 4.69) is 26.1 Å². The van der Waals surface area contributed by atoms with Crippen LogP contribution in [-0.4, -0.2) is 61.3 Å². The molecule has 0 saturated carbocycles. The van der Waals surface area contributed by atoms with Crippen molar-refractivity contribution in [3.63, 3.8) is 0 Å². The van der Waals surface area contributed by atoms with Gasteiger partial charge in [0, 0.05) is 50.3 Å². The second-order valence-electron chi connectivity index (χ2n) is 7.09. The largest absolute Gasteiger partial charge is 0.352 e. The van der Waals surface area contributed by atoms with Gasteiger partial charge in [-0.2, -0.15) is 0 Å². The van der Waals surface area contributed by atoms with Crippen molar-refractivity contribution >= 4 is 22.6 Å². The number of amides is 1. The molecule has 0 aliphatic carbocycles. The summed E-state index contributed by atoms with van der Waals surface area (Å²) in [4.78, 5) is 20.9. The zero-order valence-corrected chi connectivity index (χ0v) is 15.9. The van der Waals surface area contributed by atoms with Crippen LogP contribution in [0.5, 0.6) is 0 Å². The maximum atomic E-state index is 12.8. The molecular formula is C21H21N7O. The van der Waals surface area contributed by atoms with Crippen molar-refractivity contribution < 1.29 is 4.79 Å². The molecule has 1 fully saturated rings. The maximum Gasteiger partial charge on any atom is 0.242 e. The number of carbonyl (C=O) groups is 1. The van der Waals surface area contributed by atoms with Crippen LogP contribution in [0.15, 0.2) is 67.4 Å². The lowest BCUT2D eigenvalue weighted by Crippen LogP contribution is -2.49. The zero-order chi connectivity index (χ0) is 19.6. The van der Waals surface area contributed by atoms with E-state index >= 15 is 0 Å². The summed E-state index contributed by atoms with van der Waals surface area (Å²) in [6.07, 6.45) is 7.22. The molecule has 1 saturated heterocycles. The van der Waals surface area contributed by atoms with E-state index < -0.39 is 0 Å². The van der Waals surface area contributed by atoms with Gasteiger partial charge in [-0.05, 0) is 29.7 Å². The molecular weight excluding hydrogens is 366 g/mol. The van der Waals surface area contributed by atoms with Crippen LogP contribution in [-0.2, 0) is 11.3 Å². The highest BCUT2D eigenvalue weighted by Crippen LogP contribution is 2.17. The van der Waals surface area contributed by atoms with E-state index in [-0.39, 0.29) is 5.91 Å². The maximum absolute atomic E-state index is 12.8. The second-order valence-corrected chi connectivity index (χ2v) is 7.09. The highest BCUT2D eigenvalue weighted by Gasteiger charge is 2.22. The number of hydrogen-bond donors (Lipinski definition) is 0. The number of piperazine rings is 1. The number of fused-ring (bicyclic) bond motifs is 1. The average Bonchev–Trinajstić information content (AvgIpc) is 3.45. The molecule has 1 aromatic carbocycles. The Morgan fingerprint density at radius 3 is 2.45 bits per heavy atom. The summed E-state index contributed by atoms with van der Waals surface area (Å²) in [5, 5.41) is 9.78. The lowest BCUT2D eigenvalue weighted by molar-refractivity contribution is -0.132. The third-order valence-corrected chi connectivity index (χ3v) is 5.35. The van der Waals surface area contributed by atoms with Gasteiger partial charge in [-0.3, -0.25) is 9.36 Å². The van der Waals surface area contributed by atoms with Gasteiger partial charge in [0.25, 0.3) is 0 Å². The first-order valence-electron chi connectivity index (χ1n) is 9.66. The first kappa shape index (κ1) is 17.4. The Hall–Kier alpha value is -3.68. The molecule has 0 N–H and O–H groups in total. The monoisotopic (exact) mass is 387 g/mol. The molecule has 0 bridgehead atoms. The van der Waals surface area contributed by atoms with Crippen molar-refractivity contribution in [1.82, 2.24) is 29.2 Å². The minimum atomic E-state index is 0.146. The number of aromatic nitrogens is 5. The van der Waals surface area contributed by atoms with Crippen molar-refractivity contribution in [3.8, 4) is 5.82 Å². The molecule has 29 heavy (non-hydrogen) atoms. The van der Waals surface area contributed by atoms with Crippen molar-refractivity contribution in [2.75, 3.05) is 31.1 Å². The summed E-state index contributed by atoms with van der Waals surface area (Å²) < 4.78 is 3.84. The topological polar surface area (TPSA) is 72.1 Å². The first-order valence-corrected chi connectivity index (χ1v) is 9.66.